The Kier molecular flexibility index (Phi) is 3.00. The molecule has 102 valence electrons. The van der Waals surface area contributed by atoms with E-state index in [-0.39, 0.29) is 5.82 Å². The average Bonchev–Trinajstić information content (AvgIpc) is 3.07. The number of amides is 1. The molecular formula is C14H12FN3O2. The third-order valence-corrected chi connectivity index (χ3v) is 3.20. The van der Waals surface area contributed by atoms with Crippen LogP contribution in [0, 0.1) is 5.82 Å². The summed E-state index contributed by atoms with van der Waals surface area (Å²) in [6.07, 6.45) is 3.17. The molecule has 3 aromatic rings. The Morgan fingerprint density at radius 2 is 2.20 bits per heavy atom. The quantitative estimate of drug-likeness (QED) is 0.435. The maximum atomic E-state index is 13.6. The van der Waals surface area contributed by atoms with Crippen molar-refractivity contribution in [3.05, 3.63) is 59.9 Å². The van der Waals surface area contributed by atoms with Crippen molar-refractivity contribution in [3.8, 4) is 0 Å². The van der Waals surface area contributed by atoms with Gasteiger partial charge in [0.2, 0.25) is 0 Å². The lowest BCUT2D eigenvalue weighted by molar-refractivity contribution is 0.0951. The van der Waals surface area contributed by atoms with Gasteiger partial charge in [-0.05, 0) is 24.3 Å². The third-order valence-electron chi connectivity index (χ3n) is 3.20. The van der Waals surface area contributed by atoms with Gasteiger partial charge in [0, 0.05) is 11.6 Å². The van der Waals surface area contributed by atoms with Crippen LogP contribution in [-0.4, -0.2) is 10.5 Å². The molecule has 0 aliphatic carbocycles. The second kappa shape index (κ2) is 4.82. The molecule has 2 aromatic heterocycles. The number of carbonyl (C=O) groups is 1. The van der Waals surface area contributed by atoms with E-state index in [1.807, 2.05) is 10.6 Å². The van der Waals surface area contributed by atoms with Crippen molar-refractivity contribution < 1.29 is 13.6 Å². The number of aromatic nitrogens is 1. The fourth-order valence-corrected chi connectivity index (χ4v) is 2.22. The molecule has 1 aromatic carbocycles. The first-order valence-electron chi connectivity index (χ1n) is 6.01. The molecular weight excluding hydrogens is 261 g/mol. The van der Waals surface area contributed by atoms with Gasteiger partial charge >= 0.3 is 0 Å². The first-order valence-corrected chi connectivity index (χ1v) is 6.01. The number of hydrazine groups is 1. The van der Waals surface area contributed by atoms with Crippen LogP contribution in [0.15, 0.2) is 47.2 Å². The lowest BCUT2D eigenvalue weighted by Crippen LogP contribution is -2.30. The van der Waals surface area contributed by atoms with E-state index in [2.05, 4.69) is 5.43 Å². The Bertz CT molecular complexity index is 776. The summed E-state index contributed by atoms with van der Waals surface area (Å²) < 4.78 is 20.7. The molecule has 0 aliphatic heterocycles. The number of carbonyl (C=O) groups excluding carboxylic acids is 1. The molecule has 0 spiro atoms. The fourth-order valence-electron chi connectivity index (χ4n) is 2.22. The van der Waals surface area contributed by atoms with Crippen molar-refractivity contribution in [2.24, 2.45) is 5.84 Å². The number of rotatable bonds is 3. The summed E-state index contributed by atoms with van der Waals surface area (Å²) in [7, 11) is 0. The zero-order valence-electron chi connectivity index (χ0n) is 10.5. The van der Waals surface area contributed by atoms with Crippen molar-refractivity contribution in [3.63, 3.8) is 0 Å². The van der Waals surface area contributed by atoms with Gasteiger partial charge in [0.15, 0.2) is 0 Å². The molecule has 3 N–H and O–H groups in total. The molecule has 0 unspecified atom stereocenters. The molecule has 20 heavy (non-hydrogen) atoms. The van der Waals surface area contributed by atoms with E-state index in [4.69, 9.17) is 10.3 Å². The van der Waals surface area contributed by atoms with Crippen LogP contribution in [0.1, 0.15) is 16.1 Å². The van der Waals surface area contributed by atoms with Gasteiger partial charge in [-0.2, -0.15) is 0 Å². The third kappa shape index (κ3) is 1.96. The van der Waals surface area contributed by atoms with Gasteiger partial charge in [-0.3, -0.25) is 10.2 Å². The highest BCUT2D eigenvalue weighted by Crippen LogP contribution is 2.21. The minimum atomic E-state index is -0.420. The number of hydrogen-bond acceptors (Lipinski definition) is 3. The molecule has 0 saturated heterocycles. The maximum Gasteiger partial charge on any atom is 0.268 e. The second-order valence-corrected chi connectivity index (χ2v) is 4.35. The molecule has 3 rings (SSSR count). The van der Waals surface area contributed by atoms with Gasteiger partial charge in [0.1, 0.15) is 11.6 Å². The van der Waals surface area contributed by atoms with Crippen LogP contribution >= 0.6 is 0 Å². The Morgan fingerprint density at radius 1 is 1.35 bits per heavy atom. The van der Waals surface area contributed by atoms with Crippen molar-refractivity contribution in [2.45, 2.75) is 6.54 Å². The number of nitrogens with two attached hydrogens (primary N) is 1. The lowest BCUT2D eigenvalue weighted by Gasteiger charge is -2.05. The van der Waals surface area contributed by atoms with Gasteiger partial charge in [-0.1, -0.05) is 6.07 Å². The highest BCUT2D eigenvalue weighted by Gasteiger charge is 2.15. The van der Waals surface area contributed by atoms with Gasteiger partial charge in [-0.25, -0.2) is 10.2 Å². The predicted molar refractivity (Wildman–Crippen MR) is 71.4 cm³/mol. The number of nitrogens with one attached hydrogen (secondary N) is 1. The Hall–Kier alpha value is -2.60. The normalized spacial score (nSPS) is 10.9. The SMILES string of the molecule is NNC(=O)c1ccoc1Cn1ccc2c(F)cccc21. The molecule has 0 saturated carbocycles. The zero-order valence-corrected chi connectivity index (χ0v) is 10.5. The number of benzene rings is 1. The largest absolute Gasteiger partial charge is 0.467 e. The van der Waals surface area contributed by atoms with Gasteiger partial charge in [0.25, 0.3) is 5.91 Å². The Balaban J connectivity index is 2.00. The molecule has 0 fully saturated rings. The minimum Gasteiger partial charge on any atom is -0.467 e. The Morgan fingerprint density at radius 3 is 3.00 bits per heavy atom. The van der Waals surface area contributed by atoms with Crippen LogP contribution in [0.4, 0.5) is 4.39 Å². The Labute approximate surface area is 113 Å². The molecule has 0 aliphatic rings. The van der Waals surface area contributed by atoms with E-state index in [1.54, 1.807) is 24.4 Å². The number of fused-ring (bicyclic) bond motifs is 1. The number of nitrogens with zero attached hydrogens (tertiary/aromatic N) is 1. The van der Waals surface area contributed by atoms with Crippen molar-refractivity contribution >= 4 is 16.8 Å². The standard InChI is InChI=1S/C14H12FN3O2/c15-11-2-1-3-12-9(11)4-6-18(12)8-13-10(5-7-20-13)14(19)17-16/h1-7H,8,16H2,(H,17,19). The fraction of sp³-hybridized carbons (Fsp3) is 0.0714. The van der Waals surface area contributed by atoms with Crippen LogP contribution in [0.3, 0.4) is 0 Å². The van der Waals surface area contributed by atoms with Crippen LogP contribution in [0.2, 0.25) is 0 Å². The number of furan rings is 1. The first kappa shape index (κ1) is 12.4. The summed E-state index contributed by atoms with van der Waals surface area (Å²) in [5.41, 5.74) is 3.17. The average molecular weight is 273 g/mol. The van der Waals surface area contributed by atoms with Crippen LogP contribution in [0.25, 0.3) is 10.9 Å². The van der Waals surface area contributed by atoms with E-state index in [9.17, 15) is 9.18 Å². The molecule has 6 heteroatoms. The van der Waals surface area contributed by atoms with Gasteiger partial charge < -0.3 is 8.98 Å². The number of nitrogen functional groups attached to an aromatic ring is 1. The van der Waals surface area contributed by atoms with E-state index in [0.29, 0.717) is 23.3 Å². The molecule has 2 heterocycles. The maximum absolute atomic E-state index is 13.6. The molecule has 1 amide bonds. The van der Waals surface area contributed by atoms with Gasteiger partial charge in [0.05, 0.1) is 23.9 Å². The van der Waals surface area contributed by atoms with E-state index >= 15 is 0 Å². The minimum absolute atomic E-state index is 0.277. The molecule has 0 radical (unpaired) electrons. The van der Waals surface area contributed by atoms with Crippen molar-refractivity contribution in [1.82, 2.24) is 9.99 Å². The highest BCUT2D eigenvalue weighted by molar-refractivity contribution is 5.94. The summed E-state index contributed by atoms with van der Waals surface area (Å²) >= 11 is 0. The smallest absolute Gasteiger partial charge is 0.268 e. The highest BCUT2D eigenvalue weighted by atomic mass is 19.1. The van der Waals surface area contributed by atoms with E-state index in [1.165, 1.54) is 12.3 Å². The second-order valence-electron chi connectivity index (χ2n) is 4.35. The summed E-state index contributed by atoms with van der Waals surface area (Å²) in [6.45, 7) is 0.322. The summed E-state index contributed by atoms with van der Waals surface area (Å²) in [6, 6.07) is 8.10. The van der Waals surface area contributed by atoms with Crippen LogP contribution < -0.4 is 11.3 Å². The number of halogens is 1. The van der Waals surface area contributed by atoms with E-state index < -0.39 is 5.91 Å². The first-order chi connectivity index (χ1) is 9.70. The summed E-state index contributed by atoms with van der Waals surface area (Å²) in [5.74, 6) is 4.89. The molecule has 5 nitrogen and oxygen atoms in total. The zero-order chi connectivity index (χ0) is 14.1. The van der Waals surface area contributed by atoms with Crippen LogP contribution in [-0.2, 0) is 6.54 Å². The van der Waals surface area contributed by atoms with Crippen molar-refractivity contribution in [1.29, 1.82) is 0 Å². The molecule has 0 atom stereocenters. The topological polar surface area (TPSA) is 73.2 Å². The molecule has 0 bridgehead atoms. The predicted octanol–water partition coefficient (Wildman–Crippen LogP) is 2.03. The lowest BCUT2D eigenvalue weighted by atomic mass is 10.2. The summed E-state index contributed by atoms with van der Waals surface area (Å²) in [4.78, 5) is 11.6. The van der Waals surface area contributed by atoms with Crippen molar-refractivity contribution in [2.75, 3.05) is 0 Å². The summed E-state index contributed by atoms with van der Waals surface area (Å²) in [5, 5.41) is 0.531. The monoisotopic (exact) mass is 273 g/mol. The van der Waals surface area contributed by atoms with E-state index in [0.717, 1.165) is 5.52 Å². The van der Waals surface area contributed by atoms with Gasteiger partial charge in [-0.15, -0.1) is 0 Å². The number of hydrogen-bond donors (Lipinski definition) is 2. The van der Waals surface area contributed by atoms with Crippen LogP contribution in [0.5, 0.6) is 0 Å².